The van der Waals surface area contributed by atoms with Gasteiger partial charge in [0, 0.05) is 25.9 Å². The summed E-state index contributed by atoms with van der Waals surface area (Å²) in [6.07, 6.45) is 0. The molecule has 0 radical (unpaired) electrons. The quantitative estimate of drug-likeness (QED) is 0.333. The third-order valence-electron chi connectivity index (χ3n) is 0.465. The minimum atomic E-state index is -2.68. The molecule has 0 unspecified atom stereocenters. The van der Waals surface area contributed by atoms with Gasteiger partial charge in [-0.15, -0.1) is 0 Å². The van der Waals surface area contributed by atoms with E-state index in [-0.39, 0.29) is 0 Å². The second-order valence-corrected chi connectivity index (χ2v) is 2.74. The molecule has 0 amide bonds. The fourth-order valence-corrected chi connectivity index (χ4v) is 0.438. The Bertz CT molecular complexity index is 126. The maximum absolute atomic E-state index is 9.93. The van der Waals surface area contributed by atoms with E-state index in [1.807, 2.05) is 0 Å². The largest absolute Gasteiger partial charge is 0.230 e. The van der Waals surface area contributed by atoms with Crippen LogP contribution in [0.15, 0.2) is 0 Å². The molecule has 0 aliphatic heterocycles. The Balaban J connectivity index is 3.83. The lowest BCUT2D eigenvalue weighted by Gasteiger charge is -2.11. The van der Waals surface area contributed by atoms with Crippen LogP contribution >= 0.6 is 11.8 Å². The summed E-state index contributed by atoms with van der Waals surface area (Å²) in [5.41, 5.74) is 0. The summed E-state index contributed by atoms with van der Waals surface area (Å²) in [4.78, 5) is 0. The van der Waals surface area contributed by atoms with E-state index in [4.69, 9.17) is 11.8 Å². The van der Waals surface area contributed by atoms with Crippen molar-refractivity contribution < 1.29 is 8.42 Å². The van der Waals surface area contributed by atoms with Gasteiger partial charge in [0.2, 0.25) is 10.9 Å². The van der Waals surface area contributed by atoms with Gasteiger partial charge in [-0.1, -0.05) is 0 Å². The Hall–Kier alpha value is 0.160. The molecule has 4 nitrogen and oxygen atoms in total. The second-order valence-electron chi connectivity index (χ2n) is 1.33. The van der Waals surface area contributed by atoms with Crippen LogP contribution in [0.3, 0.4) is 0 Å². The minimum absolute atomic E-state index is 0.593. The number of nitrogens with zero attached hydrogens (tertiary/aromatic N) is 2. The van der Waals surface area contributed by atoms with Crippen molar-refractivity contribution in [3.05, 3.63) is 0 Å². The van der Waals surface area contributed by atoms with E-state index in [1.54, 1.807) is 0 Å². The molecule has 0 rings (SSSR count). The number of hydrazine groups is 1. The van der Waals surface area contributed by atoms with Crippen LogP contribution in [0.5, 0.6) is 0 Å². The molecule has 8 heavy (non-hydrogen) atoms. The van der Waals surface area contributed by atoms with Crippen LogP contribution in [0.25, 0.3) is 0 Å². The van der Waals surface area contributed by atoms with Crippen LogP contribution < -0.4 is 0 Å². The number of hydrogen-bond acceptors (Lipinski definition) is 3. The molecular formula is C2H7ClN2O2S. The molecule has 0 bridgehead atoms. The lowest BCUT2D eigenvalue weighted by Crippen LogP contribution is -2.26. The molecule has 0 saturated heterocycles. The van der Waals surface area contributed by atoms with Gasteiger partial charge in [-0.25, -0.2) is 13.4 Å². The zero-order valence-corrected chi connectivity index (χ0v) is 6.19. The Morgan fingerprint density at radius 2 is 1.75 bits per heavy atom. The molecule has 0 aliphatic rings. The van der Waals surface area contributed by atoms with Crippen molar-refractivity contribution in [2.45, 2.75) is 0 Å². The summed E-state index contributed by atoms with van der Waals surface area (Å²) in [7, 11) is 0.375. The van der Waals surface area contributed by atoms with Crippen molar-refractivity contribution in [2.75, 3.05) is 14.1 Å². The van der Waals surface area contributed by atoms with Crippen molar-refractivity contribution in [3.8, 4) is 0 Å². The van der Waals surface area contributed by atoms with Crippen LogP contribution in [0, 0.1) is 0 Å². The van der Waals surface area contributed by atoms with Gasteiger partial charge in [0.25, 0.3) is 0 Å². The van der Waals surface area contributed by atoms with Crippen LogP contribution in [0.2, 0.25) is 0 Å². The fourth-order valence-electron chi connectivity index (χ4n) is 0.146. The molecule has 0 aromatic heterocycles. The van der Waals surface area contributed by atoms with Crippen molar-refractivity contribution in [2.24, 2.45) is 0 Å². The van der Waals surface area contributed by atoms with E-state index in [2.05, 4.69) is 0 Å². The highest BCUT2D eigenvalue weighted by molar-refractivity contribution is 7.70. The summed E-state index contributed by atoms with van der Waals surface area (Å²) in [5.74, 6) is 0. The zero-order valence-electron chi connectivity index (χ0n) is 4.54. The maximum Gasteiger partial charge on any atom is 0.230 e. The van der Waals surface area contributed by atoms with Crippen molar-refractivity contribution >= 4 is 22.7 Å². The molecule has 0 aromatic rings. The average molecular weight is 159 g/mol. The third-order valence-corrected chi connectivity index (χ3v) is 1.76. The molecule has 0 aliphatic carbocycles. The second kappa shape index (κ2) is 3.24. The maximum atomic E-state index is 9.93. The summed E-state index contributed by atoms with van der Waals surface area (Å²) in [5, 5.41) is 1.24. The van der Waals surface area contributed by atoms with Gasteiger partial charge in [-0.05, 0) is 3.93 Å². The Morgan fingerprint density at radius 1 is 1.38 bits per heavy atom. The monoisotopic (exact) mass is 158 g/mol. The first-order valence-corrected chi connectivity index (χ1v) is 3.30. The highest BCUT2D eigenvalue weighted by Crippen LogP contribution is 1.93. The normalized spacial score (nSPS) is 11.8. The molecule has 0 saturated carbocycles. The van der Waals surface area contributed by atoms with Gasteiger partial charge in [-0.2, -0.15) is 0 Å². The molecule has 0 fully saturated rings. The minimum Gasteiger partial charge on any atom is -0.220 e. The highest BCUT2D eigenvalue weighted by Gasteiger charge is 2.02. The van der Waals surface area contributed by atoms with Gasteiger partial charge < -0.3 is 0 Å². The van der Waals surface area contributed by atoms with E-state index < -0.39 is 10.9 Å². The summed E-state index contributed by atoms with van der Waals surface area (Å²) in [6, 6.07) is 0. The molecule has 0 aromatic carbocycles. The number of halogens is 1. The first kappa shape index (κ1) is 8.16. The standard InChI is InChI=1S/C2H7ClN2O2S/c1-4(2)5(3)8(6)7/h8H,1-2H3. The summed E-state index contributed by atoms with van der Waals surface area (Å²) in [6.45, 7) is 0. The summed E-state index contributed by atoms with van der Waals surface area (Å²) < 4.78 is 20.5. The fraction of sp³-hybridized carbons (Fsp3) is 1.00. The molecule has 6 heteroatoms. The Kier molecular flexibility index (Phi) is 3.30. The van der Waals surface area contributed by atoms with Crippen LogP contribution in [-0.4, -0.2) is 31.5 Å². The smallest absolute Gasteiger partial charge is 0.220 e. The van der Waals surface area contributed by atoms with Gasteiger partial charge in [0.1, 0.15) is 0 Å². The van der Waals surface area contributed by atoms with E-state index in [9.17, 15) is 8.42 Å². The zero-order chi connectivity index (χ0) is 6.73. The predicted octanol–water partition coefficient (Wildman–Crippen LogP) is -0.555. The van der Waals surface area contributed by atoms with E-state index in [1.165, 1.54) is 19.1 Å². The highest BCUT2D eigenvalue weighted by atomic mass is 35.5. The van der Waals surface area contributed by atoms with Gasteiger partial charge in [0.15, 0.2) is 0 Å². The van der Waals surface area contributed by atoms with Gasteiger partial charge >= 0.3 is 0 Å². The molecule has 0 heterocycles. The number of rotatable bonds is 2. The van der Waals surface area contributed by atoms with Crippen molar-refractivity contribution in [3.63, 3.8) is 0 Å². The lowest BCUT2D eigenvalue weighted by atomic mass is 11.2. The van der Waals surface area contributed by atoms with Gasteiger partial charge in [-0.3, -0.25) is 0 Å². The number of hydrogen-bond donors (Lipinski definition) is 1. The Morgan fingerprint density at radius 3 is 1.75 bits per heavy atom. The van der Waals surface area contributed by atoms with Crippen LogP contribution in [0.4, 0.5) is 0 Å². The molecule has 0 atom stereocenters. The molecule has 0 N–H and O–H groups in total. The first-order chi connectivity index (χ1) is 3.55. The van der Waals surface area contributed by atoms with Crippen LogP contribution in [-0.2, 0) is 10.9 Å². The molecule has 50 valence electrons. The summed E-state index contributed by atoms with van der Waals surface area (Å²) >= 11 is 5.11. The predicted molar refractivity (Wildman–Crippen MR) is 31.7 cm³/mol. The first-order valence-electron chi connectivity index (χ1n) is 1.83. The van der Waals surface area contributed by atoms with E-state index in [0.29, 0.717) is 3.93 Å². The molecule has 0 spiro atoms. The topological polar surface area (TPSA) is 40.6 Å². The van der Waals surface area contributed by atoms with E-state index >= 15 is 0 Å². The lowest BCUT2D eigenvalue weighted by molar-refractivity contribution is 0.237. The number of thiol groups is 1. The molecular weight excluding hydrogens is 152 g/mol. The van der Waals surface area contributed by atoms with Crippen molar-refractivity contribution in [1.82, 2.24) is 8.94 Å². The van der Waals surface area contributed by atoms with Crippen LogP contribution in [0.1, 0.15) is 0 Å². The van der Waals surface area contributed by atoms with Crippen molar-refractivity contribution in [1.29, 1.82) is 0 Å². The third kappa shape index (κ3) is 2.46. The Labute approximate surface area is 54.8 Å². The SMILES string of the molecule is CN(C)N(Cl)[SH](=O)=O. The van der Waals surface area contributed by atoms with E-state index in [0.717, 1.165) is 0 Å². The van der Waals surface area contributed by atoms with Gasteiger partial charge in [0.05, 0.1) is 0 Å². The average Bonchev–Trinajstić information content (AvgIpc) is 1.64.